The van der Waals surface area contributed by atoms with Gasteiger partial charge in [0.1, 0.15) is 0 Å². The van der Waals surface area contributed by atoms with E-state index in [9.17, 15) is 23.1 Å². The smallest absolute Gasteiger partial charge is 0.404 e. The van der Waals surface area contributed by atoms with Crippen molar-refractivity contribution < 1.29 is 27.8 Å². The minimum Gasteiger partial charge on any atom is -0.464 e. The van der Waals surface area contributed by atoms with Crippen molar-refractivity contribution in [2.24, 2.45) is 28.1 Å². The third-order valence-corrected chi connectivity index (χ3v) is 8.63. The number of hydrogen-bond donors (Lipinski definition) is 1. The monoisotopic (exact) mass is 404 g/mol. The Hall–Kier alpha value is -0.780. The SMILES string of the molecule is CCC(O)(CC)C12CC3CC(CC(COC(=O)C(C)(CC)C(F)(F)F)(C3)C1)C2. The molecule has 0 aromatic heterocycles. The molecule has 0 aromatic rings. The maximum Gasteiger partial charge on any atom is 0.404 e. The van der Waals surface area contributed by atoms with Crippen LogP contribution >= 0.6 is 0 Å². The highest BCUT2D eigenvalue weighted by molar-refractivity contribution is 5.77. The Labute approximate surface area is 166 Å². The molecule has 162 valence electrons. The Morgan fingerprint density at radius 3 is 2.00 bits per heavy atom. The molecule has 0 spiro atoms. The molecule has 3 nitrogen and oxygen atoms in total. The summed E-state index contributed by atoms with van der Waals surface area (Å²) in [6.07, 6.45) is 2.09. The molecule has 4 rings (SSSR count). The lowest BCUT2D eigenvalue weighted by molar-refractivity contribution is -0.241. The van der Waals surface area contributed by atoms with E-state index in [1.165, 1.54) is 6.92 Å². The van der Waals surface area contributed by atoms with Crippen LogP contribution in [0.3, 0.4) is 0 Å². The van der Waals surface area contributed by atoms with Crippen molar-refractivity contribution in [3.63, 3.8) is 0 Å². The molecule has 0 radical (unpaired) electrons. The second-order valence-corrected chi connectivity index (χ2v) is 10.2. The van der Waals surface area contributed by atoms with E-state index < -0.39 is 23.2 Å². The molecular weight excluding hydrogens is 369 g/mol. The highest BCUT2D eigenvalue weighted by atomic mass is 19.4. The van der Waals surface area contributed by atoms with Crippen LogP contribution in [0.1, 0.15) is 85.5 Å². The Balaban J connectivity index is 1.81. The molecule has 4 aliphatic carbocycles. The van der Waals surface area contributed by atoms with Gasteiger partial charge in [-0.05, 0) is 76.5 Å². The number of hydrogen-bond acceptors (Lipinski definition) is 3. The zero-order chi connectivity index (χ0) is 21.0. The second kappa shape index (κ2) is 6.88. The molecule has 28 heavy (non-hydrogen) atoms. The lowest BCUT2D eigenvalue weighted by Gasteiger charge is -2.66. The Morgan fingerprint density at radius 2 is 1.57 bits per heavy atom. The van der Waals surface area contributed by atoms with Crippen LogP contribution in [0, 0.1) is 28.1 Å². The molecule has 3 unspecified atom stereocenters. The third-order valence-electron chi connectivity index (χ3n) is 8.63. The first-order valence-corrected chi connectivity index (χ1v) is 10.8. The van der Waals surface area contributed by atoms with Gasteiger partial charge in [-0.2, -0.15) is 13.2 Å². The summed E-state index contributed by atoms with van der Waals surface area (Å²) < 4.78 is 45.6. The molecular formula is C22H35F3O3. The normalized spacial score (nSPS) is 37.0. The van der Waals surface area contributed by atoms with Gasteiger partial charge in [-0.3, -0.25) is 4.79 Å². The van der Waals surface area contributed by atoms with E-state index in [1.54, 1.807) is 0 Å². The van der Waals surface area contributed by atoms with E-state index in [1.807, 2.05) is 13.8 Å². The zero-order valence-electron chi connectivity index (χ0n) is 17.6. The average molecular weight is 405 g/mol. The van der Waals surface area contributed by atoms with Crippen molar-refractivity contribution in [1.82, 2.24) is 0 Å². The van der Waals surface area contributed by atoms with Gasteiger partial charge in [-0.1, -0.05) is 20.8 Å². The van der Waals surface area contributed by atoms with Crippen LogP contribution in [0.4, 0.5) is 13.2 Å². The van der Waals surface area contributed by atoms with Crippen LogP contribution in [-0.2, 0) is 9.53 Å². The zero-order valence-corrected chi connectivity index (χ0v) is 17.6. The predicted octanol–water partition coefficient (Wildman–Crippen LogP) is 5.65. The van der Waals surface area contributed by atoms with Crippen molar-refractivity contribution in [3.8, 4) is 0 Å². The summed E-state index contributed by atoms with van der Waals surface area (Å²) in [5.41, 5.74) is -3.67. The third kappa shape index (κ3) is 3.18. The van der Waals surface area contributed by atoms with E-state index in [2.05, 4.69) is 0 Å². The van der Waals surface area contributed by atoms with Gasteiger partial charge < -0.3 is 9.84 Å². The Kier molecular flexibility index (Phi) is 5.39. The van der Waals surface area contributed by atoms with Gasteiger partial charge >= 0.3 is 12.1 Å². The molecule has 4 fully saturated rings. The summed E-state index contributed by atoms with van der Waals surface area (Å²) in [7, 11) is 0. The average Bonchev–Trinajstić information content (AvgIpc) is 2.62. The first-order chi connectivity index (χ1) is 12.9. The van der Waals surface area contributed by atoms with Gasteiger partial charge in [-0.25, -0.2) is 0 Å². The molecule has 0 saturated heterocycles. The molecule has 4 bridgehead atoms. The van der Waals surface area contributed by atoms with Crippen molar-refractivity contribution in [2.75, 3.05) is 6.61 Å². The van der Waals surface area contributed by atoms with E-state index in [0.29, 0.717) is 24.7 Å². The minimum absolute atomic E-state index is 0.0514. The van der Waals surface area contributed by atoms with Gasteiger partial charge in [-0.15, -0.1) is 0 Å². The van der Waals surface area contributed by atoms with Gasteiger partial charge in [0, 0.05) is 10.8 Å². The Bertz CT molecular complexity index is 597. The first-order valence-electron chi connectivity index (χ1n) is 10.8. The van der Waals surface area contributed by atoms with Gasteiger partial charge in [0.25, 0.3) is 0 Å². The molecule has 4 aliphatic rings. The summed E-state index contributed by atoms with van der Waals surface area (Å²) in [6, 6.07) is 0. The van der Waals surface area contributed by atoms with Crippen molar-refractivity contribution in [2.45, 2.75) is 97.3 Å². The highest BCUT2D eigenvalue weighted by Crippen LogP contribution is 2.69. The summed E-state index contributed by atoms with van der Waals surface area (Å²) in [5, 5.41) is 11.4. The largest absolute Gasteiger partial charge is 0.464 e. The number of ether oxygens (including phenoxy) is 1. The number of halogens is 3. The first kappa shape index (κ1) is 21.9. The van der Waals surface area contributed by atoms with E-state index >= 15 is 0 Å². The van der Waals surface area contributed by atoms with Gasteiger partial charge in [0.15, 0.2) is 5.41 Å². The van der Waals surface area contributed by atoms with Crippen molar-refractivity contribution >= 4 is 5.97 Å². The fourth-order valence-electron chi connectivity index (χ4n) is 7.00. The number of rotatable bonds is 7. The molecule has 0 aromatic carbocycles. The number of aliphatic hydroxyl groups is 1. The highest BCUT2D eigenvalue weighted by Gasteiger charge is 2.64. The van der Waals surface area contributed by atoms with Crippen molar-refractivity contribution in [1.29, 1.82) is 0 Å². The predicted molar refractivity (Wildman–Crippen MR) is 100 cm³/mol. The van der Waals surface area contributed by atoms with Crippen LogP contribution in [0.2, 0.25) is 0 Å². The quantitative estimate of drug-likeness (QED) is 0.558. The van der Waals surface area contributed by atoms with Crippen LogP contribution in [-0.4, -0.2) is 29.5 Å². The topological polar surface area (TPSA) is 46.5 Å². The molecule has 6 heteroatoms. The maximum absolute atomic E-state index is 13.4. The van der Waals surface area contributed by atoms with Crippen LogP contribution in [0.15, 0.2) is 0 Å². The van der Waals surface area contributed by atoms with Crippen LogP contribution < -0.4 is 0 Å². The molecule has 0 aliphatic heterocycles. The lowest BCUT2D eigenvalue weighted by atomic mass is 9.40. The van der Waals surface area contributed by atoms with E-state index in [0.717, 1.165) is 45.4 Å². The number of alkyl halides is 3. The summed E-state index contributed by atoms with van der Waals surface area (Å²) >= 11 is 0. The number of esters is 1. The molecule has 3 atom stereocenters. The van der Waals surface area contributed by atoms with Gasteiger partial charge in [0.05, 0.1) is 12.2 Å². The molecule has 0 heterocycles. The lowest BCUT2D eigenvalue weighted by Crippen LogP contribution is -2.62. The van der Waals surface area contributed by atoms with E-state index in [-0.39, 0.29) is 23.9 Å². The molecule has 1 N–H and O–H groups in total. The fraction of sp³-hybridized carbons (Fsp3) is 0.955. The van der Waals surface area contributed by atoms with Crippen LogP contribution in [0.5, 0.6) is 0 Å². The molecule has 4 saturated carbocycles. The standard InChI is InChI=1S/C22H35F3O3/c1-5-18(4,22(23,24)25)17(26)28-14-19-9-15-8-16(10-19)12-20(11-15,13-19)21(27,6-2)7-3/h15-16,27H,5-14H2,1-4H3. The molecule has 0 amide bonds. The Morgan fingerprint density at radius 1 is 1.04 bits per heavy atom. The summed E-state index contributed by atoms with van der Waals surface area (Å²) in [6.45, 7) is 6.39. The number of carbonyl (C=O) groups excluding carboxylic acids is 1. The maximum atomic E-state index is 13.4. The van der Waals surface area contributed by atoms with Crippen LogP contribution in [0.25, 0.3) is 0 Å². The van der Waals surface area contributed by atoms with Crippen molar-refractivity contribution in [3.05, 3.63) is 0 Å². The second-order valence-electron chi connectivity index (χ2n) is 10.2. The van der Waals surface area contributed by atoms with E-state index in [4.69, 9.17) is 4.74 Å². The minimum atomic E-state index is -4.62. The summed E-state index contributed by atoms with van der Waals surface area (Å²) in [4.78, 5) is 12.4. The fourth-order valence-corrected chi connectivity index (χ4v) is 7.00. The number of carbonyl (C=O) groups is 1. The summed E-state index contributed by atoms with van der Waals surface area (Å²) in [5.74, 6) is -0.206. The van der Waals surface area contributed by atoms with Gasteiger partial charge in [0.2, 0.25) is 0 Å².